The van der Waals surface area contributed by atoms with Gasteiger partial charge < -0.3 is 9.73 Å². The average Bonchev–Trinajstić information content (AvgIpc) is 3.15. The molecule has 0 saturated carbocycles. The predicted octanol–water partition coefficient (Wildman–Crippen LogP) is 4.71. The van der Waals surface area contributed by atoms with E-state index in [0.717, 1.165) is 0 Å². The van der Waals surface area contributed by atoms with Crippen LogP contribution in [0.4, 0.5) is 11.4 Å². The molecule has 0 spiro atoms. The number of nitrogens with one attached hydrogen (secondary N) is 1. The number of nitro benzene ring substituents is 1. The van der Waals surface area contributed by atoms with Crippen molar-refractivity contribution in [3.63, 3.8) is 0 Å². The van der Waals surface area contributed by atoms with Crippen molar-refractivity contribution in [3.8, 4) is 11.3 Å². The van der Waals surface area contributed by atoms with Crippen LogP contribution in [0.5, 0.6) is 0 Å². The molecule has 1 aromatic heterocycles. The molecular formula is C21H16N2O5. The summed E-state index contributed by atoms with van der Waals surface area (Å²) in [6.07, 6.45) is 2.95. The Morgan fingerprint density at radius 2 is 1.68 bits per heavy atom. The summed E-state index contributed by atoms with van der Waals surface area (Å²) in [6, 6.07) is 16.0. The van der Waals surface area contributed by atoms with E-state index in [1.807, 2.05) is 0 Å². The van der Waals surface area contributed by atoms with Gasteiger partial charge in [0.25, 0.3) is 5.69 Å². The van der Waals surface area contributed by atoms with Gasteiger partial charge >= 0.3 is 0 Å². The smallest absolute Gasteiger partial charge is 0.269 e. The van der Waals surface area contributed by atoms with Crippen LogP contribution in [0.1, 0.15) is 23.0 Å². The van der Waals surface area contributed by atoms with Gasteiger partial charge in [0.1, 0.15) is 11.5 Å². The Morgan fingerprint density at radius 1 is 1.00 bits per heavy atom. The second-order valence-electron chi connectivity index (χ2n) is 5.96. The molecule has 7 heteroatoms. The summed E-state index contributed by atoms with van der Waals surface area (Å²) >= 11 is 0. The van der Waals surface area contributed by atoms with Crippen LogP contribution in [-0.4, -0.2) is 16.6 Å². The molecule has 140 valence electrons. The number of carbonyl (C=O) groups excluding carboxylic acids is 2. The third-order valence-corrected chi connectivity index (χ3v) is 3.88. The highest BCUT2D eigenvalue weighted by molar-refractivity contribution is 6.07. The third kappa shape index (κ3) is 4.59. The Bertz CT molecular complexity index is 1050. The first-order chi connectivity index (χ1) is 13.4. The van der Waals surface area contributed by atoms with Crippen molar-refractivity contribution in [2.75, 3.05) is 5.32 Å². The molecule has 0 atom stereocenters. The average molecular weight is 376 g/mol. The van der Waals surface area contributed by atoms with Crippen molar-refractivity contribution in [2.45, 2.75) is 6.92 Å². The number of hydrogen-bond donors (Lipinski definition) is 1. The highest BCUT2D eigenvalue weighted by atomic mass is 16.6. The largest absolute Gasteiger partial charge is 0.457 e. The molecule has 0 aliphatic rings. The zero-order chi connectivity index (χ0) is 20.1. The Balaban J connectivity index is 1.68. The maximum atomic E-state index is 12.2. The molecule has 3 rings (SSSR count). The number of anilines is 1. The van der Waals surface area contributed by atoms with Gasteiger partial charge in [0.15, 0.2) is 5.78 Å². The van der Waals surface area contributed by atoms with E-state index in [4.69, 9.17) is 4.42 Å². The van der Waals surface area contributed by atoms with Gasteiger partial charge in [-0.2, -0.15) is 0 Å². The van der Waals surface area contributed by atoms with E-state index in [0.29, 0.717) is 28.3 Å². The highest BCUT2D eigenvalue weighted by Gasteiger charge is 2.08. The van der Waals surface area contributed by atoms with Gasteiger partial charge in [-0.3, -0.25) is 19.7 Å². The zero-order valence-electron chi connectivity index (χ0n) is 14.9. The van der Waals surface area contributed by atoms with Crippen molar-refractivity contribution in [3.05, 3.63) is 88.2 Å². The number of allylic oxidation sites excluding steroid dienone is 1. The van der Waals surface area contributed by atoms with Crippen LogP contribution in [0, 0.1) is 10.1 Å². The van der Waals surface area contributed by atoms with Gasteiger partial charge in [-0.15, -0.1) is 0 Å². The van der Waals surface area contributed by atoms with Crippen molar-refractivity contribution in [1.82, 2.24) is 0 Å². The van der Waals surface area contributed by atoms with Gasteiger partial charge in [0.2, 0.25) is 5.91 Å². The Kier molecular flexibility index (Phi) is 5.45. The molecule has 0 radical (unpaired) electrons. The molecule has 0 fully saturated rings. The topological polar surface area (TPSA) is 102 Å². The number of rotatable bonds is 6. The molecule has 1 heterocycles. The highest BCUT2D eigenvalue weighted by Crippen LogP contribution is 2.25. The van der Waals surface area contributed by atoms with E-state index < -0.39 is 4.92 Å². The molecule has 2 aromatic carbocycles. The van der Waals surface area contributed by atoms with Crippen LogP contribution in [0.2, 0.25) is 0 Å². The van der Waals surface area contributed by atoms with Gasteiger partial charge in [-0.25, -0.2) is 0 Å². The standard InChI is InChI=1S/C21H16N2O5/c1-14(24)22-17-6-2-15(3-7-17)20(25)12-10-19-11-13-21(28-19)16-4-8-18(9-5-16)23(26)27/h2-13H,1H3,(H,22,24)/b12-10+. The van der Waals surface area contributed by atoms with Crippen LogP contribution < -0.4 is 5.32 Å². The van der Waals surface area contributed by atoms with Crippen molar-refractivity contribution in [2.24, 2.45) is 0 Å². The molecule has 0 aliphatic heterocycles. The van der Waals surface area contributed by atoms with Gasteiger partial charge in [0, 0.05) is 35.9 Å². The van der Waals surface area contributed by atoms with Crippen LogP contribution in [0.15, 0.2) is 71.2 Å². The van der Waals surface area contributed by atoms with Crippen molar-refractivity contribution in [1.29, 1.82) is 0 Å². The molecule has 0 bridgehead atoms. The minimum absolute atomic E-state index is 0.00513. The monoisotopic (exact) mass is 376 g/mol. The van der Waals surface area contributed by atoms with E-state index in [2.05, 4.69) is 5.32 Å². The molecule has 0 unspecified atom stereocenters. The number of nitro groups is 1. The molecule has 0 saturated heterocycles. The molecule has 0 aliphatic carbocycles. The number of ketones is 1. The quantitative estimate of drug-likeness (QED) is 0.290. The summed E-state index contributed by atoms with van der Waals surface area (Å²) in [4.78, 5) is 33.5. The lowest BCUT2D eigenvalue weighted by Gasteiger charge is -2.02. The van der Waals surface area contributed by atoms with E-state index in [-0.39, 0.29) is 17.4 Å². The first-order valence-electron chi connectivity index (χ1n) is 8.37. The number of hydrogen-bond acceptors (Lipinski definition) is 5. The first-order valence-corrected chi connectivity index (χ1v) is 8.37. The maximum Gasteiger partial charge on any atom is 0.269 e. The van der Waals surface area contributed by atoms with Crippen molar-refractivity contribution >= 4 is 29.1 Å². The number of furan rings is 1. The van der Waals surface area contributed by atoms with Crippen LogP contribution >= 0.6 is 0 Å². The van der Waals surface area contributed by atoms with Crippen molar-refractivity contribution < 1.29 is 18.9 Å². The minimum atomic E-state index is -0.464. The third-order valence-electron chi connectivity index (χ3n) is 3.88. The Hall–Kier alpha value is -4.00. The fraction of sp³-hybridized carbons (Fsp3) is 0.0476. The lowest BCUT2D eigenvalue weighted by Crippen LogP contribution is -2.05. The summed E-state index contributed by atoms with van der Waals surface area (Å²) in [5, 5.41) is 13.3. The summed E-state index contributed by atoms with van der Waals surface area (Å²) in [7, 11) is 0. The lowest BCUT2D eigenvalue weighted by atomic mass is 10.1. The summed E-state index contributed by atoms with van der Waals surface area (Å²) < 4.78 is 5.66. The number of non-ortho nitro benzene ring substituents is 1. The second-order valence-corrected chi connectivity index (χ2v) is 5.96. The normalized spacial score (nSPS) is 10.8. The van der Waals surface area contributed by atoms with E-state index in [1.165, 1.54) is 25.1 Å². The maximum absolute atomic E-state index is 12.2. The van der Waals surface area contributed by atoms with E-state index in [1.54, 1.807) is 54.6 Å². The van der Waals surface area contributed by atoms with E-state index in [9.17, 15) is 19.7 Å². The van der Waals surface area contributed by atoms with Crippen LogP contribution in [0.25, 0.3) is 17.4 Å². The first kappa shape index (κ1) is 18.8. The van der Waals surface area contributed by atoms with Crippen LogP contribution in [0.3, 0.4) is 0 Å². The fourth-order valence-electron chi connectivity index (χ4n) is 2.52. The van der Waals surface area contributed by atoms with Gasteiger partial charge in [-0.1, -0.05) is 0 Å². The number of benzene rings is 2. The molecule has 1 amide bonds. The summed E-state index contributed by atoms with van der Waals surface area (Å²) in [5.41, 5.74) is 1.80. The van der Waals surface area contributed by atoms with Gasteiger partial charge in [0.05, 0.1) is 4.92 Å². The molecule has 3 aromatic rings. The summed E-state index contributed by atoms with van der Waals surface area (Å²) in [6.45, 7) is 1.41. The van der Waals surface area contributed by atoms with E-state index >= 15 is 0 Å². The SMILES string of the molecule is CC(=O)Nc1ccc(C(=O)/C=C/c2ccc(-c3ccc([N+](=O)[O-])cc3)o2)cc1. The summed E-state index contributed by atoms with van der Waals surface area (Å²) in [5.74, 6) is 0.640. The van der Waals surface area contributed by atoms with Gasteiger partial charge in [-0.05, 0) is 60.7 Å². The Labute approximate surface area is 160 Å². The number of nitrogens with zero attached hydrogens (tertiary/aromatic N) is 1. The zero-order valence-corrected chi connectivity index (χ0v) is 14.9. The Morgan fingerprint density at radius 3 is 2.29 bits per heavy atom. The predicted molar refractivity (Wildman–Crippen MR) is 105 cm³/mol. The fourth-order valence-corrected chi connectivity index (χ4v) is 2.52. The minimum Gasteiger partial charge on any atom is -0.457 e. The molecule has 1 N–H and O–H groups in total. The molecule has 7 nitrogen and oxygen atoms in total. The molecule has 28 heavy (non-hydrogen) atoms. The number of amides is 1. The second kappa shape index (κ2) is 8.13. The lowest BCUT2D eigenvalue weighted by molar-refractivity contribution is -0.384. The van der Waals surface area contributed by atoms with Crippen LogP contribution in [-0.2, 0) is 4.79 Å². The number of carbonyl (C=O) groups is 2. The molecular weight excluding hydrogens is 360 g/mol.